The minimum absolute atomic E-state index is 0.0844. The Bertz CT molecular complexity index is 555. The molecule has 0 saturated heterocycles. The van der Waals surface area contributed by atoms with Gasteiger partial charge in [0.2, 0.25) is 5.82 Å². The summed E-state index contributed by atoms with van der Waals surface area (Å²) < 4.78 is 4.62. The van der Waals surface area contributed by atoms with Crippen molar-refractivity contribution in [3.05, 3.63) is 40.0 Å². The Labute approximate surface area is 115 Å². The van der Waals surface area contributed by atoms with E-state index in [1.807, 2.05) is 13.0 Å². The zero-order valence-corrected chi connectivity index (χ0v) is 11.7. The SMILES string of the molecule is COC(=O)c1nc(C)cc(NCCc2cccs2)n1. The molecule has 0 amide bonds. The zero-order chi connectivity index (χ0) is 13.7. The maximum Gasteiger partial charge on any atom is 0.376 e. The van der Waals surface area contributed by atoms with Gasteiger partial charge in [-0.3, -0.25) is 0 Å². The van der Waals surface area contributed by atoms with Crippen LogP contribution in [0.2, 0.25) is 0 Å². The van der Waals surface area contributed by atoms with Crippen molar-refractivity contribution in [2.24, 2.45) is 0 Å². The second kappa shape index (κ2) is 6.29. The van der Waals surface area contributed by atoms with Crippen LogP contribution in [0.15, 0.2) is 23.6 Å². The summed E-state index contributed by atoms with van der Waals surface area (Å²) in [4.78, 5) is 20.9. The third kappa shape index (κ3) is 3.75. The van der Waals surface area contributed by atoms with Crippen molar-refractivity contribution < 1.29 is 9.53 Å². The smallest absolute Gasteiger partial charge is 0.376 e. The van der Waals surface area contributed by atoms with Crippen molar-refractivity contribution in [2.45, 2.75) is 13.3 Å². The van der Waals surface area contributed by atoms with Gasteiger partial charge in [-0.15, -0.1) is 11.3 Å². The summed E-state index contributed by atoms with van der Waals surface area (Å²) in [5.74, 6) is 0.204. The van der Waals surface area contributed by atoms with E-state index in [1.165, 1.54) is 12.0 Å². The van der Waals surface area contributed by atoms with E-state index in [2.05, 4.69) is 31.5 Å². The highest BCUT2D eigenvalue weighted by molar-refractivity contribution is 7.09. The van der Waals surface area contributed by atoms with E-state index in [0.717, 1.165) is 18.7 Å². The molecule has 0 aromatic carbocycles. The van der Waals surface area contributed by atoms with E-state index >= 15 is 0 Å². The highest BCUT2D eigenvalue weighted by Gasteiger charge is 2.11. The van der Waals surface area contributed by atoms with Crippen molar-refractivity contribution in [3.8, 4) is 0 Å². The average Bonchev–Trinajstić information content (AvgIpc) is 2.90. The van der Waals surface area contributed by atoms with Crippen molar-refractivity contribution in [1.82, 2.24) is 9.97 Å². The fraction of sp³-hybridized carbons (Fsp3) is 0.308. The topological polar surface area (TPSA) is 64.1 Å². The van der Waals surface area contributed by atoms with Crippen LogP contribution in [0, 0.1) is 6.92 Å². The van der Waals surface area contributed by atoms with Gasteiger partial charge in [0.15, 0.2) is 0 Å². The molecule has 0 fully saturated rings. The summed E-state index contributed by atoms with van der Waals surface area (Å²) >= 11 is 1.73. The van der Waals surface area contributed by atoms with Crippen LogP contribution in [0.5, 0.6) is 0 Å². The Morgan fingerprint density at radius 2 is 2.32 bits per heavy atom. The van der Waals surface area contributed by atoms with E-state index in [-0.39, 0.29) is 5.82 Å². The zero-order valence-electron chi connectivity index (χ0n) is 10.8. The number of esters is 1. The Hall–Kier alpha value is -1.95. The van der Waals surface area contributed by atoms with E-state index in [0.29, 0.717) is 5.82 Å². The van der Waals surface area contributed by atoms with Gasteiger partial charge in [-0.1, -0.05) is 6.07 Å². The van der Waals surface area contributed by atoms with Crippen molar-refractivity contribution in [1.29, 1.82) is 0 Å². The molecule has 0 bridgehead atoms. The number of nitrogens with zero attached hydrogens (tertiary/aromatic N) is 2. The number of thiophene rings is 1. The van der Waals surface area contributed by atoms with Crippen molar-refractivity contribution in [3.63, 3.8) is 0 Å². The normalized spacial score (nSPS) is 10.2. The quantitative estimate of drug-likeness (QED) is 0.849. The van der Waals surface area contributed by atoms with Crippen LogP contribution in [-0.2, 0) is 11.2 Å². The maximum absolute atomic E-state index is 11.4. The number of carbonyl (C=O) groups is 1. The Morgan fingerprint density at radius 1 is 1.47 bits per heavy atom. The maximum atomic E-state index is 11.4. The molecule has 2 aromatic rings. The molecule has 0 unspecified atom stereocenters. The largest absolute Gasteiger partial charge is 0.463 e. The molecule has 0 aliphatic carbocycles. The van der Waals surface area contributed by atoms with Gasteiger partial charge in [0, 0.05) is 23.2 Å². The lowest BCUT2D eigenvalue weighted by Crippen LogP contribution is -2.12. The predicted octanol–water partition coefficient (Wildman–Crippen LogP) is 2.29. The van der Waals surface area contributed by atoms with E-state index in [4.69, 9.17) is 0 Å². The Kier molecular flexibility index (Phi) is 4.46. The van der Waals surface area contributed by atoms with Crippen LogP contribution in [0.1, 0.15) is 21.2 Å². The molecule has 0 saturated carbocycles. The van der Waals surface area contributed by atoms with Crippen LogP contribution in [0.3, 0.4) is 0 Å². The first-order valence-electron chi connectivity index (χ1n) is 5.89. The van der Waals surface area contributed by atoms with Gasteiger partial charge >= 0.3 is 5.97 Å². The second-order valence-electron chi connectivity index (χ2n) is 3.97. The number of anilines is 1. The molecular weight excluding hydrogens is 262 g/mol. The number of hydrogen-bond acceptors (Lipinski definition) is 6. The summed E-state index contributed by atoms with van der Waals surface area (Å²) in [5, 5.41) is 5.25. The number of ether oxygens (including phenoxy) is 1. The third-order valence-corrected chi connectivity index (χ3v) is 3.42. The molecule has 0 radical (unpaired) electrons. The lowest BCUT2D eigenvalue weighted by molar-refractivity contribution is 0.0586. The molecule has 0 spiro atoms. The molecule has 2 heterocycles. The molecule has 19 heavy (non-hydrogen) atoms. The van der Waals surface area contributed by atoms with Gasteiger partial charge in [0.1, 0.15) is 5.82 Å². The van der Waals surface area contributed by atoms with E-state index < -0.39 is 5.97 Å². The standard InChI is InChI=1S/C13H15N3O2S/c1-9-8-11(16-12(15-9)13(17)18-2)14-6-5-10-4-3-7-19-10/h3-4,7-8H,5-6H2,1-2H3,(H,14,15,16). The number of methoxy groups -OCH3 is 1. The summed E-state index contributed by atoms with van der Waals surface area (Å²) in [5.41, 5.74) is 0.731. The van der Waals surface area contributed by atoms with Gasteiger partial charge < -0.3 is 10.1 Å². The van der Waals surface area contributed by atoms with Crippen LogP contribution >= 0.6 is 11.3 Å². The lowest BCUT2D eigenvalue weighted by Gasteiger charge is -2.07. The van der Waals surface area contributed by atoms with Gasteiger partial charge in [0.05, 0.1) is 7.11 Å². The minimum atomic E-state index is -0.523. The highest BCUT2D eigenvalue weighted by atomic mass is 32.1. The average molecular weight is 277 g/mol. The summed E-state index contributed by atoms with van der Waals surface area (Å²) in [6, 6.07) is 5.93. The number of aromatic nitrogens is 2. The molecular formula is C13H15N3O2S. The monoisotopic (exact) mass is 277 g/mol. The van der Waals surface area contributed by atoms with Gasteiger partial charge in [-0.05, 0) is 24.8 Å². The molecule has 1 N–H and O–H groups in total. The molecule has 0 aliphatic rings. The number of rotatable bonds is 5. The van der Waals surface area contributed by atoms with Gasteiger partial charge in [0.25, 0.3) is 0 Å². The van der Waals surface area contributed by atoms with E-state index in [1.54, 1.807) is 17.4 Å². The Balaban J connectivity index is 1.99. The summed E-state index contributed by atoms with van der Waals surface area (Å²) in [7, 11) is 1.32. The number of nitrogens with one attached hydrogen (secondary N) is 1. The molecule has 0 aliphatic heterocycles. The van der Waals surface area contributed by atoms with Crippen LogP contribution in [-0.4, -0.2) is 29.6 Å². The van der Waals surface area contributed by atoms with Gasteiger partial charge in [-0.2, -0.15) is 0 Å². The first kappa shape index (κ1) is 13.5. The van der Waals surface area contributed by atoms with Crippen LogP contribution in [0.4, 0.5) is 5.82 Å². The first-order valence-corrected chi connectivity index (χ1v) is 6.77. The molecule has 100 valence electrons. The summed E-state index contributed by atoms with van der Waals surface area (Å²) in [6.45, 7) is 2.58. The molecule has 0 atom stereocenters. The molecule has 6 heteroatoms. The lowest BCUT2D eigenvalue weighted by atomic mass is 10.3. The van der Waals surface area contributed by atoms with E-state index in [9.17, 15) is 4.79 Å². The van der Waals surface area contributed by atoms with Crippen molar-refractivity contribution >= 4 is 23.1 Å². The highest BCUT2D eigenvalue weighted by Crippen LogP contribution is 2.11. The minimum Gasteiger partial charge on any atom is -0.463 e. The molecule has 5 nitrogen and oxygen atoms in total. The number of carbonyl (C=O) groups excluding carboxylic acids is 1. The number of aryl methyl sites for hydroxylation is 1. The molecule has 2 rings (SSSR count). The van der Waals surface area contributed by atoms with Crippen LogP contribution in [0.25, 0.3) is 0 Å². The fourth-order valence-electron chi connectivity index (χ4n) is 1.61. The Morgan fingerprint density at radius 3 is 3.00 bits per heavy atom. The summed E-state index contributed by atoms with van der Waals surface area (Å²) in [6.07, 6.45) is 0.925. The number of hydrogen-bond donors (Lipinski definition) is 1. The molecule has 2 aromatic heterocycles. The van der Waals surface area contributed by atoms with Crippen molar-refractivity contribution in [2.75, 3.05) is 19.0 Å². The fourth-order valence-corrected chi connectivity index (χ4v) is 2.32. The predicted molar refractivity (Wildman–Crippen MR) is 74.6 cm³/mol. The van der Waals surface area contributed by atoms with Gasteiger partial charge in [-0.25, -0.2) is 14.8 Å². The second-order valence-corrected chi connectivity index (χ2v) is 5.00. The third-order valence-electron chi connectivity index (χ3n) is 2.48. The first-order chi connectivity index (χ1) is 9.19. The van der Waals surface area contributed by atoms with Crippen LogP contribution < -0.4 is 5.32 Å².